The van der Waals surface area contributed by atoms with Crippen LogP contribution < -0.4 is 5.63 Å². The maximum atomic E-state index is 12.3. The van der Waals surface area contributed by atoms with Crippen LogP contribution >= 0.6 is 0 Å². The highest BCUT2D eigenvalue weighted by Gasteiger charge is 2.23. The maximum Gasteiger partial charge on any atom is 0.373 e. The number of nitrogens with zero attached hydrogens (tertiary/aromatic N) is 1. The Labute approximate surface area is 143 Å². The largest absolute Gasteiger partial charge is 0.462 e. The number of hydrogen-bond donors (Lipinski definition) is 0. The van der Waals surface area contributed by atoms with Gasteiger partial charge in [0.1, 0.15) is 5.52 Å². The molecular weight excluding hydrogens is 318 g/mol. The van der Waals surface area contributed by atoms with E-state index in [1.54, 1.807) is 13.1 Å². The van der Waals surface area contributed by atoms with Crippen LogP contribution in [0.15, 0.2) is 70.1 Å². The molecular formula is C20H15NO4. The third-order valence-corrected chi connectivity index (χ3v) is 4.13. The molecule has 0 amide bonds. The smallest absolute Gasteiger partial charge is 0.373 e. The SMILES string of the molecule is CCOC(=O)c1c(=O)on2cc(-c3ccccc3)c3ccccc3c12. The van der Waals surface area contributed by atoms with Gasteiger partial charge in [0, 0.05) is 10.9 Å². The number of ether oxygens (including phenoxy) is 1. The van der Waals surface area contributed by atoms with Gasteiger partial charge in [-0.3, -0.25) is 0 Å². The molecule has 0 radical (unpaired) electrons. The number of rotatable bonds is 3. The van der Waals surface area contributed by atoms with Crippen molar-refractivity contribution in [1.29, 1.82) is 0 Å². The number of esters is 1. The van der Waals surface area contributed by atoms with Gasteiger partial charge in [0.15, 0.2) is 5.56 Å². The molecule has 0 bridgehead atoms. The van der Waals surface area contributed by atoms with Gasteiger partial charge >= 0.3 is 11.6 Å². The molecule has 0 saturated carbocycles. The first-order chi connectivity index (χ1) is 12.2. The monoisotopic (exact) mass is 333 g/mol. The van der Waals surface area contributed by atoms with Crippen molar-refractivity contribution >= 4 is 22.3 Å². The summed E-state index contributed by atoms with van der Waals surface area (Å²) < 4.78 is 11.7. The summed E-state index contributed by atoms with van der Waals surface area (Å²) in [6, 6.07) is 17.4. The average molecular weight is 333 g/mol. The highest BCUT2D eigenvalue weighted by atomic mass is 16.5. The highest BCUT2D eigenvalue weighted by Crippen LogP contribution is 2.32. The summed E-state index contributed by atoms with van der Waals surface area (Å²) in [6.45, 7) is 1.89. The molecule has 0 aliphatic carbocycles. The van der Waals surface area contributed by atoms with Crippen molar-refractivity contribution in [3.05, 3.63) is 76.8 Å². The Morgan fingerprint density at radius 3 is 2.44 bits per heavy atom. The van der Waals surface area contributed by atoms with Crippen molar-refractivity contribution in [2.24, 2.45) is 0 Å². The molecule has 4 aromatic rings. The van der Waals surface area contributed by atoms with Crippen LogP contribution in [0, 0.1) is 0 Å². The van der Waals surface area contributed by atoms with E-state index in [1.165, 1.54) is 4.57 Å². The van der Waals surface area contributed by atoms with Crippen LogP contribution in [0.4, 0.5) is 0 Å². The van der Waals surface area contributed by atoms with E-state index < -0.39 is 11.6 Å². The van der Waals surface area contributed by atoms with Crippen LogP contribution in [0.3, 0.4) is 0 Å². The molecule has 0 atom stereocenters. The van der Waals surface area contributed by atoms with Gasteiger partial charge in [-0.15, -0.1) is 0 Å². The molecule has 0 spiro atoms. The fourth-order valence-electron chi connectivity index (χ4n) is 3.07. The van der Waals surface area contributed by atoms with Crippen LogP contribution in [0.25, 0.3) is 27.4 Å². The van der Waals surface area contributed by atoms with E-state index in [0.717, 1.165) is 21.9 Å². The van der Waals surface area contributed by atoms with Crippen molar-refractivity contribution in [3.8, 4) is 11.1 Å². The highest BCUT2D eigenvalue weighted by molar-refractivity contribution is 6.10. The molecule has 0 saturated heterocycles. The number of carbonyl (C=O) groups is 1. The minimum Gasteiger partial charge on any atom is -0.462 e. The first-order valence-electron chi connectivity index (χ1n) is 8.00. The quantitative estimate of drug-likeness (QED) is 0.534. The van der Waals surface area contributed by atoms with Crippen LogP contribution in [-0.4, -0.2) is 17.1 Å². The lowest BCUT2D eigenvalue weighted by atomic mass is 9.99. The van der Waals surface area contributed by atoms with E-state index in [4.69, 9.17) is 9.26 Å². The van der Waals surface area contributed by atoms with Crippen LogP contribution in [0.2, 0.25) is 0 Å². The summed E-state index contributed by atoms with van der Waals surface area (Å²) in [4.78, 5) is 24.5. The minimum absolute atomic E-state index is 0.0716. The summed E-state index contributed by atoms with van der Waals surface area (Å²) in [6.07, 6.45) is 1.73. The van der Waals surface area contributed by atoms with Crippen LogP contribution in [0.5, 0.6) is 0 Å². The van der Waals surface area contributed by atoms with Gasteiger partial charge < -0.3 is 9.26 Å². The summed E-state index contributed by atoms with van der Waals surface area (Å²) in [5, 5.41) is 1.69. The number of carbonyl (C=O) groups excluding carboxylic acids is 1. The van der Waals surface area contributed by atoms with Gasteiger partial charge in [-0.2, -0.15) is 4.57 Å². The molecule has 0 aliphatic heterocycles. The molecule has 25 heavy (non-hydrogen) atoms. The molecule has 0 fully saturated rings. The third-order valence-electron chi connectivity index (χ3n) is 4.13. The molecule has 2 aromatic carbocycles. The van der Waals surface area contributed by atoms with Crippen molar-refractivity contribution in [3.63, 3.8) is 0 Å². The molecule has 5 nitrogen and oxygen atoms in total. The number of benzene rings is 2. The lowest BCUT2D eigenvalue weighted by molar-refractivity contribution is 0.0525. The molecule has 0 unspecified atom stereocenters. The second kappa shape index (κ2) is 5.94. The van der Waals surface area contributed by atoms with Gasteiger partial charge in [0.25, 0.3) is 0 Å². The standard InChI is InChI=1S/C20H15NO4/c1-2-24-19(22)17-18-15-11-7-6-10-14(15)16(12-21(18)25-20(17)23)13-8-4-3-5-9-13/h3-12H,2H2,1H3. The molecule has 124 valence electrons. The predicted octanol–water partition coefficient (Wildman–Crippen LogP) is 3.89. The van der Waals surface area contributed by atoms with E-state index in [9.17, 15) is 9.59 Å². The van der Waals surface area contributed by atoms with E-state index in [0.29, 0.717) is 5.52 Å². The number of pyridine rings is 1. The second-order valence-electron chi connectivity index (χ2n) is 5.60. The average Bonchev–Trinajstić information content (AvgIpc) is 2.98. The number of hydrogen-bond acceptors (Lipinski definition) is 4. The van der Waals surface area contributed by atoms with Gasteiger partial charge in [-0.25, -0.2) is 9.59 Å². The van der Waals surface area contributed by atoms with Crippen molar-refractivity contribution in [1.82, 2.24) is 4.57 Å². The summed E-state index contributed by atoms with van der Waals surface area (Å²) in [7, 11) is 0. The van der Waals surface area contributed by atoms with Crippen molar-refractivity contribution in [2.75, 3.05) is 6.61 Å². The Bertz CT molecular complexity index is 1140. The normalized spacial score (nSPS) is 11.1. The zero-order chi connectivity index (χ0) is 17.4. The molecule has 2 aromatic heterocycles. The third kappa shape index (κ3) is 2.41. The lowest BCUT2D eigenvalue weighted by Crippen LogP contribution is -2.13. The lowest BCUT2D eigenvalue weighted by Gasteiger charge is -2.09. The Kier molecular flexibility index (Phi) is 3.61. The minimum atomic E-state index is -0.700. The van der Waals surface area contributed by atoms with E-state index >= 15 is 0 Å². The predicted molar refractivity (Wildman–Crippen MR) is 94.8 cm³/mol. The van der Waals surface area contributed by atoms with Crippen LogP contribution in [-0.2, 0) is 4.74 Å². The molecule has 5 heteroatoms. The summed E-state index contributed by atoms with van der Waals surface area (Å²) in [5.74, 6) is -0.670. The number of fused-ring (bicyclic) bond motifs is 3. The zero-order valence-electron chi connectivity index (χ0n) is 13.6. The molecule has 4 rings (SSSR count). The number of aromatic nitrogens is 1. The second-order valence-corrected chi connectivity index (χ2v) is 5.60. The topological polar surface area (TPSA) is 60.9 Å². The fourth-order valence-corrected chi connectivity index (χ4v) is 3.07. The summed E-state index contributed by atoms with van der Waals surface area (Å²) >= 11 is 0. The molecule has 2 heterocycles. The van der Waals surface area contributed by atoms with Gasteiger partial charge in [-0.1, -0.05) is 54.6 Å². The summed E-state index contributed by atoms with van der Waals surface area (Å²) in [5.41, 5.74) is 1.57. The van der Waals surface area contributed by atoms with Gasteiger partial charge in [0.2, 0.25) is 0 Å². The fraction of sp³-hybridized carbons (Fsp3) is 0.100. The Hall–Kier alpha value is -3.34. The molecule has 0 N–H and O–H groups in total. The maximum absolute atomic E-state index is 12.3. The first-order valence-corrected chi connectivity index (χ1v) is 8.00. The van der Waals surface area contributed by atoms with E-state index in [1.807, 2.05) is 54.6 Å². The van der Waals surface area contributed by atoms with Gasteiger partial charge in [-0.05, 0) is 17.9 Å². The van der Waals surface area contributed by atoms with Crippen molar-refractivity contribution in [2.45, 2.75) is 6.92 Å². The Morgan fingerprint density at radius 2 is 1.72 bits per heavy atom. The van der Waals surface area contributed by atoms with E-state index in [2.05, 4.69) is 0 Å². The first kappa shape index (κ1) is 15.2. The zero-order valence-corrected chi connectivity index (χ0v) is 13.6. The van der Waals surface area contributed by atoms with Crippen molar-refractivity contribution < 1.29 is 14.1 Å². The van der Waals surface area contributed by atoms with Gasteiger partial charge in [0.05, 0.1) is 12.8 Å². The molecule has 0 aliphatic rings. The van der Waals surface area contributed by atoms with E-state index in [-0.39, 0.29) is 12.2 Å². The Morgan fingerprint density at radius 1 is 1.04 bits per heavy atom. The Balaban J connectivity index is 2.12. The van der Waals surface area contributed by atoms with Crippen LogP contribution in [0.1, 0.15) is 17.3 Å².